The minimum atomic E-state index is -3.58. The standard InChI is InChI=1S/C28H31BrClN3O4S/c1-31-28(35)26(19-21-8-4-3-5-9-21)32(20-22-10-6-11-23(29)18-22)27(34)12-7-17-33(38(2,36)37)25-15-13-24(30)14-16-25/h3-6,8-11,13-16,18,26H,7,12,17,19-20H2,1-2H3,(H,31,35)/t26-/m1/s1. The van der Waals surface area contributed by atoms with E-state index in [9.17, 15) is 18.0 Å². The van der Waals surface area contributed by atoms with Gasteiger partial charge in [-0.3, -0.25) is 13.9 Å². The van der Waals surface area contributed by atoms with Crippen LogP contribution in [0, 0.1) is 0 Å². The van der Waals surface area contributed by atoms with Crippen LogP contribution in [0.1, 0.15) is 24.0 Å². The molecule has 202 valence electrons. The van der Waals surface area contributed by atoms with Crippen molar-refractivity contribution in [1.29, 1.82) is 0 Å². The first-order valence-electron chi connectivity index (χ1n) is 12.1. The molecule has 2 amide bonds. The monoisotopic (exact) mass is 619 g/mol. The highest BCUT2D eigenvalue weighted by molar-refractivity contribution is 9.10. The predicted molar refractivity (Wildman–Crippen MR) is 156 cm³/mol. The molecule has 0 radical (unpaired) electrons. The van der Waals surface area contributed by atoms with Crippen LogP contribution in [-0.4, -0.2) is 51.0 Å². The summed E-state index contributed by atoms with van der Waals surface area (Å²) >= 11 is 9.43. The number of rotatable bonds is 12. The Balaban J connectivity index is 1.84. The van der Waals surface area contributed by atoms with Crippen LogP contribution in [-0.2, 0) is 32.6 Å². The van der Waals surface area contributed by atoms with E-state index in [1.807, 2.05) is 54.6 Å². The number of sulfonamides is 1. The smallest absolute Gasteiger partial charge is 0.242 e. The van der Waals surface area contributed by atoms with Gasteiger partial charge in [-0.2, -0.15) is 0 Å². The van der Waals surface area contributed by atoms with Gasteiger partial charge in [-0.1, -0.05) is 70.0 Å². The molecule has 0 unspecified atom stereocenters. The first-order valence-corrected chi connectivity index (χ1v) is 15.1. The predicted octanol–water partition coefficient (Wildman–Crippen LogP) is 5.03. The molecule has 7 nitrogen and oxygen atoms in total. The number of likely N-dealkylation sites (N-methyl/N-ethyl adjacent to an activating group) is 1. The average molecular weight is 621 g/mol. The molecule has 3 rings (SSSR count). The van der Waals surface area contributed by atoms with E-state index in [4.69, 9.17) is 11.6 Å². The van der Waals surface area contributed by atoms with E-state index in [2.05, 4.69) is 21.2 Å². The van der Waals surface area contributed by atoms with Crippen LogP contribution in [0.25, 0.3) is 0 Å². The second-order valence-corrected chi connectivity index (χ2v) is 12.1. The molecule has 1 N–H and O–H groups in total. The van der Waals surface area contributed by atoms with Gasteiger partial charge in [0.25, 0.3) is 0 Å². The minimum Gasteiger partial charge on any atom is -0.357 e. The Morgan fingerprint density at radius 2 is 1.63 bits per heavy atom. The molecule has 0 saturated carbocycles. The lowest BCUT2D eigenvalue weighted by molar-refractivity contribution is -0.141. The fourth-order valence-electron chi connectivity index (χ4n) is 4.16. The number of nitrogens with zero attached hydrogens (tertiary/aromatic N) is 2. The van der Waals surface area contributed by atoms with Crippen molar-refractivity contribution in [3.05, 3.63) is 99.5 Å². The van der Waals surface area contributed by atoms with E-state index in [-0.39, 0.29) is 37.7 Å². The first kappa shape index (κ1) is 29.7. The lowest BCUT2D eigenvalue weighted by Crippen LogP contribution is -2.49. The summed E-state index contributed by atoms with van der Waals surface area (Å²) in [5.74, 6) is -0.504. The van der Waals surface area contributed by atoms with Crippen molar-refractivity contribution < 1.29 is 18.0 Å². The van der Waals surface area contributed by atoms with E-state index in [0.29, 0.717) is 17.1 Å². The van der Waals surface area contributed by atoms with Crippen molar-refractivity contribution in [1.82, 2.24) is 10.2 Å². The van der Waals surface area contributed by atoms with Gasteiger partial charge in [-0.05, 0) is 53.9 Å². The number of anilines is 1. The van der Waals surface area contributed by atoms with Gasteiger partial charge >= 0.3 is 0 Å². The Hall–Kier alpha value is -2.88. The summed E-state index contributed by atoms with van der Waals surface area (Å²) in [6.07, 6.45) is 1.82. The molecular weight excluding hydrogens is 590 g/mol. The SMILES string of the molecule is CNC(=O)[C@@H](Cc1ccccc1)N(Cc1cccc(Br)c1)C(=O)CCCN(c1ccc(Cl)cc1)S(C)(=O)=O. The maximum atomic E-state index is 13.6. The van der Waals surface area contributed by atoms with Gasteiger partial charge in [0.05, 0.1) is 11.9 Å². The molecule has 0 saturated heterocycles. The Labute approximate surface area is 238 Å². The largest absolute Gasteiger partial charge is 0.357 e. The fraction of sp³-hybridized carbons (Fsp3) is 0.286. The van der Waals surface area contributed by atoms with E-state index < -0.39 is 16.1 Å². The van der Waals surface area contributed by atoms with Gasteiger partial charge in [0.2, 0.25) is 21.8 Å². The number of nitrogens with one attached hydrogen (secondary N) is 1. The van der Waals surface area contributed by atoms with E-state index in [1.54, 1.807) is 36.2 Å². The van der Waals surface area contributed by atoms with Crippen molar-refractivity contribution in [3.63, 3.8) is 0 Å². The number of hydrogen-bond acceptors (Lipinski definition) is 4. The molecule has 1 atom stereocenters. The molecule has 3 aromatic carbocycles. The molecule has 0 fully saturated rings. The third-order valence-corrected chi connectivity index (χ3v) is 7.97. The molecule has 3 aromatic rings. The molecule has 0 bridgehead atoms. The van der Waals surface area contributed by atoms with Crippen molar-refractivity contribution >= 4 is 55.1 Å². The van der Waals surface area contributed by atoms with E-state index in [1.165, 1.54) is 4.31 Å². The molecular formula is C28H31BrClN3O4S. The fourth-order valence-corrected chi connectivity index (χ4v) is 5.70. The second-order valence-electron chi connectivity index (χ2n) is 8.89. The summed E-state index contributed by atoms with van der Waals surface area (Å²) in [6.45, 7) is 0.344. The molecule has 0 heterocycles. The van der Waals surface area contributed by atoms with E-state index in [0.717, 1.165) is 21.9 Å². The Morgan fingerprint density at radius 3 is 2.24 bits per heavy atom. The molecule has 0 aromatic heterocycles. The van der Waals surface area contributed by atoms with Crippen LogP contribution in [0.3, 0.4) is 0 Å². The highest BCUT2D eigenvalue weighted by Crippen LogP contribution is 2.22. The van der Waals surface area contributed by atoms with Crippen molar-refractivity contribution in [2.75, 3.05) is 24.2 Å². The van der Waals surface area contributed by atoms with Gasteiger partial charge in [-0.15, -0.1) is 0 Å². The van der Waals surface area contributed by atoms with Gasteiger partial charge in [0.15, 0.2) is 0 Å². The number of carbonyl (C=O) groups excluding carboxylic acids is 2. The zero-order chi connectivity index (χ0) is 27.7. The normalized spacial score (nSPS) is 12.0. The maximum Gasteiger partial charge on any atom is 0.242 e. The third-order valence-electron chi connectivity index (χ3n) is 6.03. The average Bonchev–Trinajstić information content (AvgIpc) is 2.88. The third kappa shape index (κ3) is 8.58. The lowest BCUT2D eigenvalue weighted by atomic mass is 10.0. The Bertz CT molecular complexity index is 1340. The Morgan fingerprint density at radius 1 is 0.974 bits per heavy atom. The number of amides is 2. The van der Waals surface area contributed by atoms with Crippen LogP contribution in [0.5, 0.6) is 0 Å². The van der Waals surface area contributed by atoms with Crippen molar-refractivity contribution in [2.24, 2.45) is 0 Å². The number of benzene rings is 3. The molecule has 0 aliphatic heterocycles. The summed E-state index contributed by atoms with van der Waals surface area (Å²) in [4.78, 5) is 28.3. The first-order chi connectivity index (χ1) is 18.1. The van der Waals surface area contributed by atoms with Crippen molar-refractivity contribution in [2.45, 2.75) is 31.8 Å². The quantitative estimate of drug-likeness (QED) is 0.308. The molecule has 0 spiro atoms. The summed E-state index contributed by atoms with van der Waals surface area (Å²) in [5.41, 5.74) is 2.27. The highest BCUT2D eigenvalue weighted by Gasteiger charge is 2.30. The summed E-state index contributed by atoms with van der Waals surface area (Å²) in [7, 11) is -2.03. The van der Waals surface area contributed by atoms with E-state index >= 15 is 0 Å². The highest BCUT2D eigenvalue weighted by atomic mass is 79.9. The van der Waals surface area contributed by atoms with Gasteiger partial charge < -0.3 is 10.2 Å². The zero-order valence-electron chi connectivity index (χ0n) is 21.3. The Kier molecular flexibility index (Phi) is 10.8. The second kappa shape index (κ2) is 13.8. The molecule has 38 heavy (non-hydrogen) atoms. The van der Waals surface area contributed by atoms with Gasteiger partial charge in [0.1, 0.15) is 6.04 Å². The summed E-state index contributed by atoms with van der Waals surface area (Å²) in [5, 5.41) is 3.20. The van der Waals surface area contributed by atoms with Crippen LogP contribution in [0.4, 0.5) is 5.69 Å². The van der Waals surface area contributed by atoms with Crippen LogP contribution >= 0.6 is 27.5 Å². The van der Waals surface area contributed by atoms with Crippen LogP contribution in [0.15, 0.2) is 83.3 Å². The van der Waals surface area contributed by atoms with Crippen molar-refractivity contribution in [3.8, 4) is 0 Å². The summed E-state index contributed by atoms with van der Waals surface area (Å²) in [6, 6.07) is 22.9. The maximum absolute atomic E-state index is 13.6. The summed E-state index contributed by atoms with van der Waals surface area (Å²) < 4.78 is 27.1. The van der Waals surface area contributed by atoms with Crippen LogP contribution < -0.4 is 9.62 Å². The topological polar surface area (TPSA) is 86.8 Å². The molecule has 10 heteroatoms. The zero-order valence-corrected chi connectivity index (χ0v) is 24.5. The molecule has 0 aliphatic carbocycles. The van der Waals surface area contributed by atoms with Crippen LogP contribution in [0.2, 0.25) is 5.02 Å². The number of halogens is 2. The number of hydrogen-bond donors (Lipinski definition) is 1. The minimum absolute atomic E-state index is 0.0654. The van der Waals surface area contributed by atoms with Gasteiger partial charge in [0, 0.05) is 42.5 Å². The van der Waals surface area contributed by atoms with Gasteiger partial charge in [-0.25, -0.2) is 8.42 Å². The lowest BCUT2D eigenvalue weighted by Gasteiger charge is -2.31. The number of carbonyl (C=O) groups is 2. The molecule has 0 aliphatic rings.